The Morgan fingerprint density at radius 3 is 2.57 bits per heavy atom. The predicted molar refractivity (Wildman–Crippen MR) is 91.7 cm³/mol. The summed E-state index contributed by atoms with van der Waals surface area (Å²) in [6.07, 6.45) is 1.43. The van der Waals surface area contributed by atoms with Crippen LogP contribution in [0.15, 0.2) is 48.0 Å². The van der Waals surface area contributed by atoms with E-state index in [1.54, 1.807) is 42.5 Å². The van der Waals surface area contributed by atoms with Crippen LogP contribution in [-0.2, 0) is 4.79 Å². The molecule has 4 nitrogen and oxygen atoms in total. The number of hydrogen-bond donors (Lipinski definition) is 1. The second kappa shape index (κ2) is 7.68. The number of amides is 1. The van der Waals surface area contributed by atoms with Crippen molar-refractivity contribution in [1.82, 2.24) is 0 Å². The smallest absolute Gasteiger partial charge is 0.266 e. The third-order valence-corrected chi connectivity index (χ3v) is 3.62. The number of rotatable bonds is 4. The Hall–Kier alpha value is -2.48. The summed E-state index contributed by atoms with van der Waals surface area (Å²) in [6, 6.07) is 13.6. The summed E-state index contributed by atoms with van der Waals surface area (Å²) in [5, 5.41) is 12.6. The second-order valence-electron chi connectivity index (χ2n) is 4.49. The number of hydrogen-bond acceptors (Lipinski definition) is 3. The minimum absolute atomic E-state index is 0.0648. The molecule has 0 aliphatic rings. The summed E-state index contributed by atoms with van der Waals surface area (Å²) in [7, 11) is 1.50. The van der Waals surface area contributed by atoms with Gasteiger partial charge in [-0.2, -0.15) is 5.26 Å². The molecule has 0 aliphatic heterocycles. The lowest BCUT2D eigenvalue weighted by molar-refractivity contribution is -0.112. The largest absolute Gasteiger partial charge is 0.495 e. The number of nitrogens with one attached hydrogen (secondary N) is 1. The highest BCUT2D eigenvalue weighted by molar-refractivity contribution is 6.32. The number of benzene rings is 2. The summed E-state index contributed by atoms with van der Waals surface area (Å²) < 4.78 is 5.04. The molecule has 2 rings (SSSR count). The van der Waals surface area contributed by atoms with Gasteiger partial charge in [-0.1, -0.05) is 41.4 Å². The van der Waals surface area contributed by atoms with Gasteiger partial charge in [0.25, 0.3) is 5.91 Å². The van der Waals surface area contributed by atoms with Crippen molar-refractivity contribution in [2.45, 2.75) is 0 Å². The lowest BCUT2D eigenvalue weighted by Crippen LogP contribution is -2.13. The van der Waals surface area contributed by atoms with Crippen molar-refractivity contribution >= 4 is 40.9 Å². The van der Waals surface area contributed by atoms with Crippen molar-refractivity contribution in [2.75, 3.05) is 12.4 Å². The van der Waals surface area contributed by atoms with E-state index in [4.69, 9.17) is 27.9 Å². The standard InChI is InChI=1S/C17H12Cl2N2O2/c1-23-16-7-6-13(9-15(16)19)21-17(22)12(10-20)8-11-4-2-3-5-14(11)18/h2-9H,1H3,(H,21,22)/b12-8+. The number of carbonyl (C=O) groups excluding carboxylic acids is 1. The third kappa shape index (κ3) is 4.26. The molecule has 0 saturated carbocycles. The maximum Gasteiger partial charge on any atom is 0.266 e. The van der Waals surface area contributed by atoms with Crippen molar-refractivity contribution in [3.8, 4) is 11.8 Å². The molecule has 0 heterocycles. The van der Waals surface area contributed by atoms with Crippen molar-refractivity contribution < 1.29 is 9.53 Å². The van der Waals surface area contributed by atoms with Gasteiger partial charge >= 0.3 is 0 Å². The molecule has 0 atom stereocenters. The molecule has 0 radical (unpaired) electrons. The minimum Gasteiger partial charge on any atom is -0.495 e. The molecule has 2 aromatic rings. The van der Waals surface area contributed by atoms with Crippen LogP contribution in [0.1, 0.15) is 5.56 Å². The Labute approximate surface area is 143 Å². The van der Waals surface area contributed by atoms with Crippen molar-refractivity contribution in [2.24, 2.45) is 0 Å². The average Bonchev–Trinajstić information content (AvgIpc) is 2.54. The first-order chi connectivity index (χ1) is 11.0. The van der Waals surface area contributed by atoms with Crippen LogP contribution in [0.2, 0.25) is 10.0 Å². The molecule has 0 unspecified atom stereocenters. The predicted octanol–water partition coefficient (Wildman–Crippen LogP) is 4.55. The summed E-state index contributed by atoms with van der Waals surface area (Å²) >= 11 is 12.0. The number of methoxy groups -OCH3 is 1. The van der Waals surface area contributed by atoms with Gasteiger partial charge in [0.15, 0.2) is 0 Å². The average molecular weight is 347 g/mol. The van der Waals surface area contributed by atoms with Crippen LogP contribution in [0, 0.1) is 11.3 Å². The van der Waals surface area contributed by atoms with Crippen LogP contribution >= 0.6 is 23.2 Å². The van der Waals surface area contributed by atoms with Crippen LogP contribution in [0.3, 0.4) is 0 Å². The zero-order valence-corrected chi connectivity index (χ0v) is 13.7. The molecule has 6 heteroatoms. The fraction of sp³-hybridized carbons (Fsp3) is 0.0588. The van der Waals surface area contributed by atoms with Crippen LogP contribution in [-0.4, -0.2) is 13.0 Å². The number of nitriles is 1. The quantitative estimate of drug-likeness (QED) is 0.652. The molecule has 116 valence electrons. The molecule has 0 bridgehead atoms. The molecule has 0 fully saturated rings. The fourth-order valence-corrected chi connectivity index (χ4v) is 2.29. The maximum atomic E-state index is 12.2. The van der Waals surface area contributed by atoms with Gasteiger partial charge in [-0.25, -0.2) is 0 Å². The molecular formula is C17H12Cl2N2O2. The van der Waals surface area contributed by atoms with Gasteiger partial charge in [-0.05, 0) is 35.9 Å². The topological polar surface area (TPSA) is 62.1 Å². The van der Waals surface area contributed by atoms with E-state index in [2.05, 4.69) is 5.32 Å². The van der Waals surface area contributed by atoms with E-state index in [0.29, 0.717) is 27.0 Å². The van der Waals surface area contributed by atoms with Gasteiger partial charge in [0, 0.05) is 10.7 Å². The Kier molecular flexibility index (Phi) is 5.64. The highest BCUT2D eigenvalue weighted by Crippen LogP contribution is 2.27. The zero-order valence-electron chi connectivity index (χ0n) is 12.1. The lowest BCUT2D eigenvalue weighted by Gasteiger charge is -2.07. The van der Waals surface area contributed by atoms with E-state index in [9.17, 15) is 10.1 Å². The highest BCUT2D eigenvalue weighted by atomic mass is 35.5. The summed E-state index contributed by atoms with van der Waals surface area (Å²) in [6.45, 7) is 0. The first-order valence-corrected chi connectivity index (χ1v) is 7.32. The molecular weight excluding hydrogens is 335 g/mol. The van der Waals surface area contributed by atoms with Crippen LogP contribution in [0.4, 0.5) is 5.69 Å². The van der Waals surface area contributed by atoms with Crippen LogP contribution in [0.25, 0.3) is 6.08 Å². The highest BCUT2D eigenvalue weighted by Gasteiger charge is 2.11. The number of carbonyl (C=O) groups is 1. The van der Waals surface area contributed by atoms with E-state index in [1.807, 2.05) is 6.07 Å². The van der Waals surface area contributed by atoms with E-state index >= 15 is 0 Å². The SMILES string of the molecule is COc1ccc(NC(=O)/C(C#N)=C/c2ccccc2Cl)cc1Cl. The van der Waals surface area contributed by atoms with Crippen LogP contribution in [0.5, 0.6) is 5.75 Å². The minimum atomic E-state index is -0.548. The number of anilines is 1. The Morgan fingerprint density at radius 1 is 1.22 bits per heavy atom. The third-order valence-electron chi connectivity index (χ3n) is 2.98. The van der Waals surface area contributed by atoms with Crippen LogP contribution < -0.4 is 10.1 Å². The Balaban J connectivity index is 2.23. The zero-order chi connectivity index (χ0) is 16.8. The molecule has 2 aromatic carbocycles. The lowest BCUT2D eigenvalue weighted by atomic mass is 10.1. The Bertz CT molecular complexity index is 810. The molecule has 1 amide bonds. The fourth-order valence-electron chi connectivity index (χ4n) is 1.84. The van der Waals surface area contributed by atoms with E-state index < -0.39 is 5.91 Å². The number of ether oxygens (including phenoxy) is 1. The maximum absolute atomic E-state index is 12.2. The Morgan fingerprint density at radius 2 is 1.96 bits per heavy atom. The van der Waals surface area contributed by atoms with E-state index in [0.717, 1.165) is 0 Å². The normalized spacial score (nSPS) is 10.8. The van der Waals surface area contributed by atoms with Gasteiger partial charge in [-0.3, -0.25) is 4.79 Å². The number of halogens is 2. The summed E-state index contributed by atoms with van der Waals surface area (Å²) in [5.74, 6) is -0.0505. The van der Waals surface area contributed by atoms with Gasteiger partial charge in [0.2, 0.25) is 0 Å². The molecule has 1 N–H and O–H groups in total. The molecule has 0 aliphatic carbocycles. The molecule has 0 aromatic heterocycles. The van der Waals surface area contributed by atoms with Crippen molar-refractivity contribution in [3.63, 3.8) is 0 Å². The summed E-state index contributed by atoms with van der Waals surface area (Å²) in [5.41, 5.74) is 0.986. The first-order valence-electron chi connectivity index (χ1n) is 6.56. The number of nitrogens with zero attached hydrogens (tertiary/aromatic N) is 1. The second-order valence-corrected chi connectivity index (χ2v) is 5.31. The molecule has 0 spiro atoms. The van der Waals surface area contributed by atoms with Gasteiger partial charge < -0.3 is 10.1 Å². The van der Waals surface area contributed by atoms with Gasteiger partial charge in [-0.15, -0.1) is 0 Å². The van der Waals surface area contributed by atoms with Gasteiger partial charge in [0.05, 0.1) is 12.1 Å². The van der Waals surface area contributed by atoms with Crippen molar-refractivity contribution in [1.29, 1.82) is 5.26 Å². The summed E-state index contributed by atoms with van der Waals surface area (Å²) in [4.78, 5) is 12.2. The first kappa shape index (κ1) is 16.9. The molecule has 0 saturated heterocycles. The molecule has 23 heavy (non-hydrogen) atoms. The van der Waals surface area contributed by atoms with E-state index in [-0.39, 0.29) is 5.57 Å². The van der Waals surface area contributed by atoms with E-state index in [1.165, 1.54) is 13.2 Å². The van der Waals surface area contributed by atoms with Crippen molar-refractivity contribution in [3.05, 3.63) is 63.6 Å². The monoisotopic (exact) mass is 346 g/mol. The van der Waals surface area contributed by atoms with Gasteiger partial charge in [0.1, 0.15) is 17.4 Å².